The fourth-order valence-electron chi connectivity index (χ4n) is 4.42. The summed E-state index contributed by atoms with van der Waals surface area (Å²) in [5.41, 5.74) is 2.52. The van der Waals surface area contributed by atoms with Gasteiger partial charge in [-0.05, 0) is 49.6 Å². The van der Waals surface area contributed by atoms with Crippen LogP contribution in [-0.4, -0.2) is 21.8 Å². The van der Waals surface area contributed by atoms with Crippen molar-refractivity contribution < 1.29 is 4.79 Å². The second kappa shape index (κ2) is 10.9. The highest BCUT2D eigenvalue weighted by Gasteiger charge is 2.28. The zero-order valence-electron chi connectivity index (χ0n) is 20.7. The van der Waals surface area contributed by atoms with Gasteiger partial charge in [-0.15, -0.1) is 11.8 Å². The zero-order valence-corrected chi connectivity index (χ0v) is 21.5. The molecule has 5 nitrogen and oxygen atoms in total. The van der Waals surface area contributed by atoms with Gasteiger partial charge in [0.2, 0.25) is 0 Å². The molecule has 0 atom stereocenters. The number of Topliss-reactive ketones (excluding diaryl/α,β-unsaturated/α-hetero) is 1. The average molecular weight is 486 g/mol. The number of hydrogen-bond donors (Lipinski definition) is 1. The highest BCUT2D eigenvalue weighted by atomic mass is 32.2. The van der Waals surface area contributed by atoms with Gasteiger partial charge in [0.05, 0.1) is 5.56 Å². The van der Waals surface area contributed by atoms with Crippen molar-refractivity contribution in [3.63, 3.8) is 0 Å². The van der Waals surface area contributed by atoms with E-state index in [0.717, 1.165) is 26.9 Å². The van der Waals surface area contributed by atoms with E-state index >= 15 is 0 Å². The summed E-state index contributed by atoms with van der Waals surface area (Å²) in [5.74, 6) is -0.236. The van der Waals surface area contributed by atoms with E-state index in [4.69, 9.17) is 0 Å². The third-order valence-electron chi connectivity index (χ3n) is 6.47. The van der Waals surface area contributed by atoms with Gasteiger partial charge in [-0.25, -0.2) is 4.68 Å². The molecule has 6 heteroatoms. The van der Waals surface area contributed by atoms with Crippen LogP contribution >= 0.6 is 11.8 Å². The Hall–Kier alpha value is -3.38. The third kappa shape index (κ3) is 4.89. The molecule has 0 radical (unpaired) electrons. The number of thioether (sulfide) groups is 1. The molecule has 0 bridgehead atoms. The molecule has 3 aromatic carbocycles. The highest BCUT2D eigenvalue weighted by molar-refractivity contribution is 7.98. The molecule has 0 amide bonds. The van der Waals surface area contributed by atoms with Gasteiger partial charge in [-0.1, -0.05) is 62.4 Å². The van der Waals surface area contributed by atoms with Crippen molar-refractivity contribution in [3.05, 3.63) is 82.6 Å². The van der Waals surface area contributed by atoms with Gasteiger partial charge < -0.3 is 5.32 Å². The lowest BCUT2D eigenvalue weighted by Crippen LogP contribution is -2.30. The number of fused-ring (bicyclic) bond motifs is 1. The number of nitrogens with zero attached hydrogens (tertiary/aromatic N) is 2. The topological polar surface area (TPSA) is 64.0 Å². The van der Waals surface area contributed by atoms with Crippen molar-refractivity contribution in [2.75, 3.05) is 11.6 Å². The normalized spacial score (nSPS) is 11.2. The first-order valence-electron chi connectivity index (χ1n) is 12.1. The molecule has 0 unspecified atom stereocenters. The monoisotopic (exact) mass is 485 g/mol. The number of nitrogens with one attached hydrogen (secondary N) is 1. The Labute approximate surface area is 210 Å². The summed E-state index contributed by atoms with van der Waals surface area (Å²) in [6, 6.07) is 21.9. The molecule has 4 rings (SSSR count). The predicted molar refractivity (Wildman–Crippen MR) is 147 cm³/mol. The Bertz CT molecular complexity index is 1400. The van der Waals surface area contributed by atoms with E-state index in [1.165, 1.54) is 4.68 Å². The molecule has 1 aromatic heterocycles. The van der Waals surface area contributed by atoms with Gasteiger partial charge in [0.1, 0.15) is 11.4 Å². The number of hydrogen-bond acceptors (Lipinski definition) is 5. The fourth-order valence-corrected chi connectivity index (χ4v) is 4.83. The first kappa shape index (κ1) is 24.7. The van der Waals surface area contributed by atoms with E-state index in [-0.39, 0.29) is 17.3 Å². The minimum atomic E-state index is -0.292. The van der Waals surface area contributed by atoms with Crippen molar-refractivity contribution in [2.45, 2.75) is 45.1 Å². The van der Waals surface area contributed by atoms with Crippen LogP contribution in [0.1, 0.15) is 44.0 Å². The zero-order chi connectivity index (χ0) is 24.9. The molecule has 1 N–H and O–H groups in total. The second-order valence-corrected chi connectivity index (χ2v) is 9.36. The number of benzene rings is 3. The van der Waals surface area contributed by atoms with E-state index in [1.807, 2.05) is 93.8 Å². The third-order valence-corrected chi connectivity index (χ3v) is 7.21. The molecule has 1 heterocycles. The Kier molecular flexibility index (Phi) is 7.71. The van der Waals surface area contributed by atoms with Crippen LogP contribution in [0.2, 0.25) is 0 Å². The number of carbonyl (C=O) groups excluding carboxylic acids is 1. The SMILES string of the molecule is CCC(CC)C(=O)c1c(-c2ccc(SC)cc2)nn(CC)c(=O)c1Nc1cccc2ccccc12. The first-order chi connectivity index (χ1) is 17.0. The summed E-state index contributed by atoms with van der Waals surface area (Å²) < 4.78 is 1.44. The van der Waals surface area contributed by atoms with Crippen LogP contribution < -0.4 is 10.9 Å². The van der Waals surface area contributed by atoms with Crippen LogP contribution in [0.4, 0.5) is 11.4 Å². The fraction of sp³-hybridized carbons (Fsp3) is 0.276. The standard InChI is InChI=1S/C29H31N3O2S/c1-5-19(6-2)28(33)25-26(21-15-17-22(35-4)18-16-21)31-32(7-3)29(34)27(25)30-24-14-10-12-20-11-8-9-13-23(20)24/h8-19,30H,5-7H2,1-4H3. The molecular formula is C29H31N3O2S. The van der Waals surface area contributed by atoms with Gasteiger partial charge in [0.15, 0.2) is 5.78 Å². The van der Waals surface area contributed by atoms with E-state index in [1.54, 1.807) is 11.8 Å². The lowest BCUT2D eigenvalue weighted by Gasteiger charge is -2.20. The van der Waals surface area contributed by atoms with E-state index in [0.29, 0.717) is 36.3 Å². The van der Waals surface area contributed by atoms with Crippen LogP contribution in [0.3, 0.4) is 0 Å². The van der Waals surface area contributed by atoms with Crippen molar-refractivity contribution >= 4 is 39.7 Å². The summed E-state index contributed by atoms with van der Waals surface area (Å²) in [5, 5.41) is 10.1. The Morgan fingerprint density at radius 3 is 2.31 bits per heavy atom. The number of carbonyl (C=O) groups is 1. The number of ketones is 1. The Morgan fingerprint density at radius 1 is 0.971 bits per heavy atom. The van der Waals surface area contributed by atoms with Gasteiger partial charge in [-0.2, -0.15) is 5.10 Å². The molecule has 0 fully saturated rings. The molecule has 0 saturated carbocycles. The van der Waals surface area contributed by atoms with E-state index < -0.39 is 0 Å². The Morgan fingerprint density at radius 2 is 1.66 bits per heavy atom. The van der Waals surface area contributed by atoms with Crippen LogP contribution in [0.25, 0.3) is 22.0 Å². The van der Waals surface area contributed by atoms with Crippen LogP contribution in [-0.2, 0) is 6.54 Å². The van der Waals surface area contributed by atoms with Gasteiger partial charge >= 0.3 is 0 Å². The largest absolute Gasteiger partial charge is 0.350 e. The van der Waals surface area contributed by atoms with Crippen molar-refractivity contribution in [3.8, 4) is 11.3 Å². The maximum Gasteiger partial charge on any atom is 0.291 e. The highest BCUT2D eigenvalue weighted by Crippen LogP contribution is 2.33. The van der Waals surface area contributed by atoms with Crippen molar-refractivity contribution in [1.29, 1.82) is 0 Å². The summed E-state index contributed by atoms with van der Waals surface area (Å²) in [7, 11) is 0. The van der Waals surface area contributed by atoms with Gasteiger partial charge in [0, 0.05) is 34.0 Å². The molecule has 0 spiro atoms. The van der Waals surface area contributed by atoms with Crippen LogP contribution in [0, 0.1) is 5.92 Å². The molecule has 180 valence electrons. The maximum absolute atomic E-state index is 13.9. The number of aryl methyl sites for hydroxylation is 1. The summed E-state index contributed by atoms with van der Waals surface area (Å²) >= 11 is 1.66. The van der Waals surface area contributed by atoms with Gasteiger partial charge in [0.25, 0.3) is 5.56 Å². The molecular weight excluding hydrogens is 454 g/mol. The smallest absolute Gasteiger partial charge is 0.291 e. The minimum Gasteiger partial charge on any atom is -0.350 e. The molecule has 0 aliphatic heterocycles. The molecule has 4 aromatic rings. The number of aromatic nitrogens is 2. The van der Waals surface area contributed by atoms with Crippen molar-refractivity contribution in [2.24, 2.45) is 5.92 Å². The lowest BCUT2D eigenvalue weighted by molar-refractivity contribution is 0.0914. The second-order valence-electron chi connectivity index (χ2n) is 8.48. The van der Waals surface area contributed by atoms with E-state index in [9.17, 15) is 9.59 Å². The first-order valence-corrected chi connectivity index (χ1v) is 13.3. The predicted octanol–water partition coefficient (Wildman–Crippen LogP) is 7.17. The quantitative estimate of drug-likeness (QED) is 0.201. The van der Waals surface area contributed by atoms with Crippen LogP contribution in [0.15, 0.2) is 76.4 Å². The Balaban J connectivity index is 2.01. The summed E-state index contributed by atoms with van der Waals surface area (Å²) in [4.78, 5) is 28.7. The number of anilines is 2. The molecule has 35 heavy (non-hydrogen) atoms. The molecule has 0 aliphatic rings. The summed E-state index contributed by atoms with van der Waals surface area (Å²) in [6.45, 7) is 6.31. The van der Waals surface area contributed by atoms with E-state index in [2.05, 4.69) is 10.4 Å². The van der Waals surface area contributed by atoms with Crippen molar-refractivity contribution in [1.82, 2.24) is 9.78 Å². The minimum absolute atomic E-state index is 0.0467. The lowest BCUT2D eigenvalue weighted by atomic mass is 9.90. The number of rotatable bonds is 9. The maximum atomic E-state index is 13.9. The van der Waals surface area contributed by atoms with Gasteiger partial charge in [-0.3, -0.25) is 9.59 Å². The van der Waals surface area contributed by atoms with Crippen LogP contribution in [0.5, 0.6) is 0 Å². The summed E-state index contributed by atoms with van der Waals surface area (Å²) in [6.07, 6.45) is 3.42. The molecule has 0 saturated heterocycles. The average Bonchev–Trinajstić information content (AvgIpc) is 2.90. The molecule has 0 aliphatic carbocycles.